The van der Waals surface area contributed by atoms with Crippen LogP contribution in [-0.2, 0) is 0 Å². The third kappa shape index (κ3) is 3.63. The fraction of sp³-hybridized carbons (Fsp3) is 0.217. The summed E-state index contributed by atoms with van der Waals surface area (Å²) in [7, 11) is 1.60. The zero-order valence-corrected chi connectivity index (χ0v) is 19.9. The Morgan fingerprint density at radius 2 is 1.88 bits per heavy atom. The van der Waals surface area contributed by atoms with Crippen molar-refractivity contribution in [2.24, 2.45) is 0 Å². The van der Waals surface area contributed by atoms with Crippen LogP contribution in [0.1, 0.15) is 34.7 Å². The molecule has 0 saturated carbocycles. The second-order valence-corrected chi connectivity index (χ2v) is 8.59. The highest BCUT2D eigenvalue weighted by molar-refractivity contribution is 7.80. The van der Waals surface area contributed by atoms with Crippen LogP contribution in [-0.4, -0.2) is 36.8 Å². The van der Waals surface area contributed by atoms with Crippen LogP contribution in [0.2, 0.25) is 5.02 Å². The van der Waals surface area contributed by atoms with Crippen molar-refractivity contribution in [2.75, 3.05) is 12.0 Å². The number of hydrogen-bond donors (Lipinski definition) is 1. The molecule has 1 aromatic carbocycles. The second-order valence-electron chi connectivity index (χ2n) is 7.80. The fourth-order valence-corrected chi connectivity index (χ4v) is 5.08. The van der Waals surface area contributed by atoms with Crippen LogP contribution in [0, 0.1) is 13.8 Å². The molecule has 4 aromatic rings. The van der Waals surface area contributed by atoms with Crippen molar-refractivity contribution in [1.82, 2.24) is 29.9 Å². The van der Waals surface area contributed by atoms with Crippen molar-refractivity contribution in [3.63, 3.8) is 0 Å². The van der Waals surface area contributed by atoms with E-state index in [1.807, 2.05) is 41.1 Å². The molecule has 1 saturated heterocycles. The minimum atomic E-state index is -0.159. The fourth-order valence-electron chi connectivity index (χ4n) is 4.48. The molecule has 1 N–H and O–H groups in total. The smallest absolute Gasteiger partial charge is 0.174 e. The van der Waals surface area contributed by atoms with Crippen molar-refractivity contribution >= 4 is 34.6 Å². The Hall–Kier alpha value is -3.43. The lowest BCUT2D eigenvalue weighted by atomic mass is 9.96. The van der Waals surface area contributed by atoms with Gasteiger partial charge in [-0.2, -0.15) is 0 Å². The lowest BCUT2D eigenvalue weighted by molar-refractivity contribution is 0.415. The van der Waals surface area contributed by atoms with Gasteiger partial charge in [-0.15, -0.1) is 10.2 Å². The van der Waals surface area contributed by atoms with E-state index in [4.69, 9.17) is 28.6 Å². The maximum absolute atomic E-state index is 6.48. The van der Waals surface area contributed by atoms with Gasteiger partial charge in [0.05, 0.1) is 29.9 Å². The Morgan fingerprint density at radius 3 is 2.55 bits per heavy atom. The van der Waals surface area contributed by atoms with Crippen LogP contribution in [0.5, 0.6) is 5.75 Å². The Morgan fingerprint density at radius 1 is 1.09 bits per heavy atom. The van der Waals surface area contributed by atoms with Gasteiger partial charge in [-0.25, -0.2) is 4.68 Å². The molecule has 0 spiro atoms. The molecule has 8 nitrogen and oxygen atoms in total. The molecule has 0 unspecified atom stereocenters. The molecule has 0 aliphatic carbocycles. The van der Waals surface area contributed by atoms with E-state index in [0.29, 0.717) is 15.9 Å². The number of rotatable bonds is 5. The summed E-state index contributed by atoms with van der Waals surface area (Å²) in [5.41, 5.74) is 4.98. The zero-order valence-electron chi connectivity index (χ0n) is 18.3. The Balaban J connectivity index is 1.68. The summed E-state index contributed by atoms with van der Waals surface area (Å²) in [4.78, 5) is 6.72. The highest BCUT2D eigenvalue weighted by atomic mass is 35.5. The summed E-state index contributed by atoms with van der Waals surface area (Å²) in [6.45, 7) is 4.14. The zero-order chi connectivity index (χ0) is 23.1. The number of aromatic nitrogens is 5. The van der Waals surface area contributed by atoms with Crippen molar-refractivity contribution in [2.45, 2.75) is 25.9 Å². The SMILES string of the molecule is COc1ccc(N2C(=S)N[C@H](c3ccccn3)[C@@H]2c2cc(C)n(-n3cnnc3)c2C)cc1Cl. The van der Waals surface area contributed by atoms with Gasteiger partial charge < -0.3 is 15.0 Å². The predicted molar refractivity (Wildman–Crippen MR) is 131 cm³/mol. The number of methoxy groups -OCH3 is 1. The number of thiocarbonyl (C=S) groups is 1. The largest absolute Gasteiger partial charge is 0.495 e. The van der Waals surface area contributed by atoms with Crippen LogP contribution in [0.25, 0.3) is 0 Å². The molecule has 0 bridgehead atoms. The van der Waals surface area contributed by atoms with Gasteiger partial charge in [0.2, 0.25) is 0 Å². The first-order valence-electron chi connectivity index (χ1n) is 10.4. The number of ether oxygens (including phenoxy) is 1. The molecule has 0 radical (unpaired) electrons. The van der Waals surface area contributed by atoms with E-state index >= 15 is 0 Å². The molecule has 4 heterocycles. The van der Waals surface area contributed by atoms with Gasteiger partial charge in [-0.3, -0.25) is 9.66 Å². The molecule has 0 amide bonds. The summed E-state index contributed by atoms with van der Waals surface area (Å²) in [5, 5.41) is 12.5. The number of nitrogens with one attached hydrogen (secondary N) is 1. The van der Waals surface area contributed by atoms with Gasteiger partial charge in [0.25, 0.3) is 0 Å². The van der Waals surface area contributed by atoms with Crippen molar-refractivity contribution in [1.29, 1.82) is 0 Å². The van der Waals surface area contributed by atoms with Crippen LogP contribution < -0.4 is 15.0 Å². The van der Waals surface area contributed by atoms with E-state index in [0.717, 1.165) is 28.3 Å². The Kier molecular flexibility index (Phi) is 5.51. The number of pyridine rings is 1. The van der Waals surface area contributed by atoms with Crippen molar-refractivity contribution in [3.05, 3.63) is 89.0 Å². The molecule has 10 heteroatoms. The Bertz CT molecular complexity index is 1310. The van der Waals surface area contributed by atoms with Crippen LogP contribution in [0.3, 0.4) is 0 Å². The molecule has 2 atom stereocenters. The third-order valence-electron chi connectivity index (χ3n) is 5.90. The van der Waals surface area contributed by atoms with Gasteiger partial charge in [0.15, 0.2) is 5.11 Å². The normalized spacial score (nSPS) is 17.9. The highest BCUT2D eigenvalue weighted by Crippen LogP contribution is 2.44. The van der Waals surface area contributed by atoms with Gasteiger partial charge in [-0.05, 0) is 62.5 Å². The summed E-state index contributed by atoms with van der Waals surface area (Å²) in [6.07, 6.45) is 5.15. The first-order chi connectivity index (χ1) is 16.0. The minimum Gasteiger partial charge on any atom is -0.495 e. The maximum Gasteiger partial charge on any atom is 0.174 e. The highest BCUT2D eigenvalue weighted by Gasteiger charge is 2.42. The van der Waals surface area contributed by atoms with Crippen LogP contribution in [0.4, 0.5) is 5.69 Å². The molecule has 1 fully saturated rings. The van der Waals surface area contributed by atoms with Crippen molar-refractivity contribution < 1.29 is 4.74 Å². The number of anilines is 1. The minimum absolute atomic E-state index is 0.158. The van der Waals surface area contributed by atoms with Gasteiger partial charge in [0, 0.05) is 28.8 Å². The predicted octanol–water partition coefficient (Wildman–Crippen LogP) is 4.24. The molecule has 3 aromatic heterocycles. The number of benzene rings is 1. The van der Waals surface area contributed by atoms with E-state index < -0.39 is 0 Å². The molecule has 168 valence electrons. The lowest BCUT2D eigenvalue weighted by Crippen LogP contribution is -2.29. The first kappa shape index (κ1) is 21.4. The van der Waals surface area contributed by atoms with Gasteiger partial charge >= 0.3 is 0 Å². The van der Waals surface area contributed by atoms with Crippen LogP contribution in [0.15, 0.2) is 61.3 Å². The molecule has 5 rings (SSSR count). The second kappa shape index (κ2) is 8.49. The molecule has 1 aliphatic rings. The molecular weight excluding hydrogens is 458 g/mol. The van der Waals surface area contributed by atoms with E-state index in [9.17, 15) is 0 Å². The van der Waals surface area contributed by atoms with E-state index in [1.165, 1.54) is 0 Å². The lowest BCUT2D eigenvalue weighted by Gasteiger charge is -2.28. The average Bonchev–Trinajstić information content (AvgIpc) is 3.52. The Labute approximate surface area is 201 Å². The number of aryl methyl sites for hydroxylation is 1. The number of hydrogen-bond acceptors (Lipinski definition) is 5. The first-order valence-corrected chi connectivity index (χ1v) is 11.2. The van der Waals surface area contributed by atoms with E-state index in [-0.39, 0.29) is 12.1 Å². The van der Waals surface area contributed by atoms with E-state index in [2.05, 4.69) is 50.0 Å². The van der Waals surface area contributed by atoms with Gasteiger partial charge in [0.1, 0.15) is 18.4 Å². The summed E-state index contributed by atoms with van der Waals surface area (Å²) < 4.78 is 9.28. The van der Waals surface area contributed by atoms with Crippen molar-refractivity contribution in [3.8, 4) is 5.75 Å². The topological polar surface area (TPSA) is 73.0 Å². The molecule has 1 aliphatic heterocycles. The monoisotopic (exact) mass is 479 g/mol. The standard InChI is InChI=1S/C23H22ClN7OS/c1-14-10-17(15(2)31(14)29-12-26-27-13-29)22-21(19-6-4-5-9-25-19)28-23(33)30(22)16-7-8-20(32-3)18(24)11-16/h4-13,21-22H,1-3H3,(H,28,33)/t21-,22+/m1/s1. The molecular formula is C23H22ClN7OS. The average molecular weight is 480 g/mol. The summed E-state index contributed by atoms with van der Waals surface area (Å²) in [5.74, 6) is 0.613. The maximum atomic E-state index is 6.48. The summed E-state index contributed by atoms with van der Waals surface area (Å²) >= 11 is 12.3. The van der Waals surface area contributed by atoms with Gasteiger partial charge in [-0.1, -0.05) is 17.7 Å². The number of nitrogens with zero attached hydrogens (tertiary/aromatic N) is 6. The summed E-state index contributed by atoms with van der Waals surface area (Å²) in [6, 6.07) is 13.4. The number of halogens is 1. The third-order valence-corrected chi connectivity index (χ3v) is 6.51. The quantitative estimate of drug-likeness (QED) is 0.429. The molecule has 33 heavy (non-hydrogen) atoms. The van der Waals surface area contributed by atoms with E-state index in [1.54, 1.807) is 26.0 Å². The van der Waals surface area contributed by atoms with Crippen LogP contribution >= 0.6 is 23.8 Å².